The number of aryl methyl sites for hydroxylation is 1. The van der Waals surface area contributed by atoms with Crippen molar-refractivity contribution in [1.82, 2.24) is 14.8 Å². The second-order valence-corrected chi connectivity index (χ2v) is 4.59. The Morgan fingerprint density at radius 1 is 1.41 bits per heavy atom. The average Bonchev–Trinajstić information content (AvgIpc) is 2.77. The molecule has 1 atom stereocenters. The van der Waals surface area contributed by atoms with Crippen molar-refractivity contribution < 1.29 is 9.84 Å². The van der Waals surface area contributed by atoms with Gasteiger partial charge in [-0.1, -0.05) is 6.92 Å². The van der Waals surface area contributed by atoms with Crippen LogP contribution in [0.2, 0.25) is 0 Å². The molecule has 0 radical (unpaired) electrons. The van der Waals surface area contributed by atoms with E-state index in [1.54, 1.807) is 0 Å². The number of nitrogens with zero attached hydrogens (tertiary/aromatic N) is 3. The number of ether oxygens (including phenoxy) is 1. The lowest BCUT2D eigenvalue weighted by molar-refractivity contribution is 0.135. The minimum atomic E-state index is 0.253. The Hall–Kier alpha value is -0.940. The highest BCUT2D eigenvalue weighted by atomic mass is 16.5. The first kappa shape index (κ1) is 12.5. The van der Waals surface area contributed by atoms with Crippen molar-refractivity contribution in [2.75, 3.05) is 19.8 Å². The average molecular weight is 239 g/mol. The molecule has 17 heavy (non-hydrogen) atoms. The van der Waals surface area contributed by atoms with E-state index in [2.05, 4.69) is 21.7 Å². The summed E-state index contributed by atoms with van der Waals surface area (Å²) in [6.07, 6.45) is 3.80. The normalized spacial score (nSPS) is 19.3. The lowest BCUT2D eigenvalue weighted by atomic mass is 10.0. The molecule has 1 unspecified atom stereocenters. The summed E-state index contributed by atoms with van der Waals surface area (Å²) in [4.78, 5) is 0. The van der Waals surface area contributed by atoms with Gasteiger partial charge in [0.05, 0.1) is 6.61 Å². The van der Waals surface area contributed by atoms with Crippen molar-refractivity contribution >= 4 is 0 Å². The molecule has 0 fully saturated rings. The number of fused-ring (bicyclic) bond motifs is 1. The van der Waals surface area contributed by atoms with Crippen LogP contribution in [0.4, 0.5) is 0 Å². The van der Waals surface area contributed by atoms with Crippen LogP contribution in [0.3, 0.4) is 0 Å². The smallest absolute Gasteiger partial charge is 0.135 e. The second kappa shape index (κ2) is 6.12. The molecule has 0 saturated heterocycles. The second-order valence-electron chi connectivity index (χ2n) is 4.59. The first-order valence-corrected chi connectivity index (χ1v) is 6.44. The van der Waals surface area contributed by atoms with Gasteiger partial charge in [-0.05, 0) is 12.8 Å². The number of hydrogen-bond acceptors (Lipinski definition) is 4. The highest BCUT2D eigenvalue weighted by Crippen LogP contribution is 2.19. The lowest BCUT2D eigenvalue weighted by Gasteiger charge is -2.22. The SMILES string of the molecule is CCCOCCc1nnc2n1CC(CO)CC2. The molecule has 0 spiro atoms. The molecule has 0 aromatic carbocycles. The maximum absolute atomic E-state index is 9.21. The summed E-state index contributed by atoms with van der Waals surface area (Å²) in [5, 5.41) is 17.6. The van der Waals surface area contributed by atoms with E-state index in [1.165, 1.54) is 0 Å². The van der Waals surface area contributed by atoms with Crippen LogP contribution < -0.4 is 0 Å². The van der Waals surface area contributed by atoms with Crippen LogP contribution in [-0.4, -0.2) is 39.7 Å². The molecule has 1 N–H and O–H groups in total. The molecule has 5 heteroatoms. The van der Waals surface area contributed by atoms with Gasteiger partial charge in [0.25, 0.3) is 0 Å². The van der Waals surface area contributed by atoms with Crippen molar-refractivity contribution in [1.29, 1.82) is 0 Å². The molecule has 0 saturated carbocycles. The van der Waals surface area contributed by atoms with Gasteiger partial charge in [-0.2, -0.15) is 0 Å². The molecule has 0 aliphatic carbocycles. The quantitative estimate of drug-likeness (QED) is 0.746. The molecule has 0 bridgehead atoms. The number of rotatable bonds is 6. The van der Waals surface area contributed by atoms with Gasteiger partial charge in [-0.3, -0.25) is 0 Å². The van der Waals surface area contributed by atoms with Gasteiger partial charge in [0.15, 0.2) is 0 Å². The Morgan fingerprint density at radius 3 is 3.06 bits per heavy atom. The predicted octanol–water partition coefficient (Wildman–Crippen LogP) is 0.802. The van der Waals surface area contributed by atoms with E-state index >= 15 is 0 Å². The van der Waals surface area contributed by atoms with E-state index in [1.807, 2.05) is 0 Å². The molecule has 2 heterocycles. The molecular weight excluding hydrogens is 218 g/mol. The number of aliphatic hydroxyl groups is 1. The van der Waals surface area contributed by atoms with Crippen molar-refractivity contribution in [2.45, 2.75) is 39.2 Å². The third kappa shape index (κ3) is 3.04. The van der Waals surface area contributed by atoms with Gasteiger partial charge in [-0.15, -0.1) is 10.2 Å². The molecule has 0 amide bonds. The highest BCUT2D eigenvalue weighted by Gasteiger charge is 2.21. The van der Waals surface area contributed by atoms with Crippen molar-refractivity contribution in [3.63, 3.8) is 0 Å². The Labute approximate surface area is 102 Å². The zero-order chi connectivity index (χ0) is 12.1. The third-order valence-corrected chi connectivity index (χ3v) is 3.20. The number of aliphatic hydroxyl groups excluding tert-OH is 1. The fraction of sp³-hybridized carbons (Fsp3) is 0.833. The van der Waals surface area contributed by atoms with Crippen LogP contribution in [0.5, 0.6) is 0 Å². The standard InChI is InChI=1S/C12H21N3O2/c1-2-6-17-7-5-12-14-13-11-4-3-10(9-16)8-15(11)12/h10,16H,2-9H2,1H3. The predicted molar refractivity (Wildman–Crippen MR) is 63.7 cm³/mol. The van der Waals surface area contributed by atoms with E-state index in [0.717, 1.165) is 50.5 Å². The monoisotopic (exact) mass is 239 g/mol. The maximum Gasteiger partial charge on any atom is 0.135 e. The minimum absolute atomic E-state index is 0.253. The largest absolute Gasteiger partial charge is 0.396 e. The molecule has 1 aliphatic rings. The molecule has 1 aromatic rings. The Balaban J connectivity index is 1.93. The van der Waals surface area contributed by atoms with Crippen LogP contribution in [0.15, 0.2) is 0 Å². The van der Waals surface area contributed by atoms with E-state index < -0.39 is 0 Å². The zero-order valence-corrected chi connectivity index (χ0v) is 10.4. The van der Waals surface area contributed by atoms with E-state index in [4.69, 9.17) is 4.74 Å². The van der Waals surface area contributed by atoms with E-state index in [9.17, 15) is 5.11 Å². The minimum Gasteiger partial charge on any atom is -0.396 e. The summed E-state index contributed by atoms with van der Waals surface area (Å²) >= 11 is 0. The molecule has 2 rings (SSSR count). The van der Waals surface area contributed by atoms with Crippen LogP contribution in [0, 0.1) is 5.92 Å². The fourth-order valence-electron chi connectivity index (χ4n) is 2.19. The molecule has 1 aromatic heterocycles. The molecule has 96 valence electrons. The summed E-state index contributed by atoms with van der Waals surface area (Å²) in [6, 6.07) is 0. The van der Waals surface area contributed by atoms with Gasteiger partial charge in [0.1, 0.15) is 11.6 Å². The zero-order valence-electron chi connectivity index (χ0n) is 10.4. The van der Waals surface area contributed by atoms with Crippen LogP contribution >= 0.6 is 0 Å². The Bertz CT molecular complexity index is 352. The van der Waals surface area contributed by atoms with Gasteiger partial charge >= 0.3 is 0 Å². The van der Waals surface area contributed by atoms with E-state index in [0.29, 0.717) is 12.5 Å². The van der Waals surface area contributed by atoms with Crippen molar-refractivity contribution in [2.24, 2.45) is 5.92 Å². The summed E-state index contributed by atoms with van der Waals surface area (Å²) in [5.74, 6) is 2.41. The molecule has 5 nitrogen and oxygen atoms in total. The third-order valence-electron chi connectivity index (χ3n) is 3.20. The molecule has 1 aliphatic heterocycles. The van der Waals surface area contributed by atoms with Crippen molar-refractivity contribution in [3.05, 3.63) is 11.6 Å². The first-order valence-electron chi connectivity index (χ1n) is 6.44. The maximum atomic E-state index is 9.21. The fourth-order valence-corrected chi connectivity index (χ4v) is 2.19. The van der Waals surface area contributed by atoms with Crippen LogP contribution in [0.25, 0.3) is 0 Å². The molecular formula is C12H21N3O2. The van der Waals surface area contributed by atoms with Gasteiger partial charge in [-0.25, -0.2) is 0 Å². The summed E-state index contributed by atoms with van der Waals surface area (Å²) in [6.45, 7) is 4.71. The van der Waals surface area contributed by atoms with Gasteiger partial charge in [0, 0.05) is 38.5 Å². The first-order chi connectivity index (χ1) is 8.35. The van der Waals surface area contributed by atoms with Gasteiger partial charge in [0.2, 0.25) is 0 Å². The van der Waals surface area contributed by atoms with Crippen LogP contribution in [-0.2, 0) is 24.1 Å². The topological polar surface area (TPSA) is 60.2 Å². The summed E-state index contributed by atoms with van der Waals surface area (Å²) in [7, 11) is 0. The van der Waals surface area contributed by atoms with Crippen molar-refractivity contribution in [3.8, 4) is 0 Å². The van der Waals surface area contributed by atoms with E-state index in [-0.39, 0.29) is 6.61 Å². The highest BCUT2D eigenvalue weighted by molar-refractivity contribution is 5.00. The number of hydrogen-bond donors (Lipinski definition) is 1. The summed E-state index contributed by atoms with van der Waals surface area (Å²) in [5.41, 5.74) is 0. The Morgan fingerprint density at radius 2 is 2.29 bits per heavy atom. The summed E-state index contributed by atoms with van der Waals surface area (Å²) < 4.78 is 7.62. The lowest BCUT2D eigenvalue weighted by Crippen LogP contribution is -2.24. The van der Waals surface area contributed by atoms with Gasteiger partial charge < -0.3 is 14.4 Å². The number of aromatic nitrogens is 3. The van der Waals surface area contributed by atoms with Crippen LogP contribution in [0.1, 0.15) is 31.4 Å². The Kier molecular flexibility index (Phi) is 4.50.